The van der Waals surface area contributed by atoms with E-state index in [9.17, 15) is 4.79 Å². The van der Waals surface area contributed by atoms with Crippen molar-refractivity contribution < 1.29 is 9.90 Å². The molecule has 2 aliphatic heterocycles. The van der Waals surface area contributed by atoms with Gasteiger partial charge >= 0.3 is 0 Å². The first-order valence-electron chi connectivity index (χ1n) is 11.0. The van der Waals surface area contributed by atoms with Crippen LogP contribution in [-0.2, 0) is 11.3 Å². The van der Waals surface area contributed by atoms with Crippen molar-refractivity contribution in [3.63, 3.8) is 0 Å². The molecule has 5 heteroatoms. The molecule has 5 nitrogen and oxygen atoms in total. The smallest absolute Gasteiger partial charge is 0.224 e. The summed E-state index contributed by atoms with van der Waals surface area (Å²) in [7, 11) is 0. The van der Waals surface area contributed by atoms with Gasteiger partial charge in [-0.2, -0.15) is 0 Å². The molecule has 0 spiro atoms. The summed E-state index contributed by atoms with van der Waals surface area (Å²) >= 11 is 0. The van der Waals surface area contributed by atoms with Crippen LogP contribution in [0.5, 0.6) is 0 Å². The fraction of sp³-hybridized carbons (Fsp3) is 0.542. The van der Waals surface area contributed by atoms with Gasteiger partial charge in [0.25, 0.3) is 0 Å². The van der Waals surface area contributed by atoms with E-state index in [-0.39, 0.29) is 18.4 Å². The molecule has 2 fully saturated rings. The van der Waals surface area contributed by atoms with E-state index in [0.29, 0.717) is 12.5 Å². The lowest BCUT2D eigenvalue weighted by atomic mass is 9.87. The number of amides is 1. The van der Waals surface area contributed by atoms with Gasteiger partial charge in [-0.25, -0.2) is 0 Å². The third-order valence-electron chi connectivity index (χ3n) is 6.33. The van der Waals surface area contributed by atoms with Gasteiger partial charge in [0.15, 0.2) is 0 Å². The maximum atomic E-state index is 12.7. The summed E-state index contributed by atoms with van der Waals surface area (Å²) in [6, 6.07) is 15.2. The molecule has 29 heavy (non-hydrogen) atoms. The number of piperidine rings is 1. The van der Waals surface area contributed by atoms with Crippen LogP contribution in [0.25, 0.3) is 10.8 Å². The zero-order valence-corrected chi connectivity index (χ0v) is 17.2. The van der Waals surface area contributed by atoms with Gasteiger partial charge in [-0.1, -0.05) is 36.4 Å². The van der Waals surface area contributed by atoms with Crippen molar-refractivity contribution in [2.45, 2.75) is 25.8 Å². The van der Waals surface area contributed by atoms with Gasteiger partial charge in [0.05, 0.1) is 12.5 Å². The zero-order chi connectivity index (χ0) is 20.1. The first-order chi connectivity index (χ1) is 14.2. The summed E-state index contributed by atoms with van der Waals surface area (Å²) in [6.07, 6.45) is 3.55. The van der Waals surface area contributed by atoms with Gasteiger partial charge in [-0.3, -0.25) is 9.69 Å². The highest BCUT2D eigenvalue weighted by molar-refractivity contribution is 5.83. The molecular formula is C24H33N3O2. The van der Waals surface area contributed by atoms with Crippen molar-refractivity contribution >= 4 is 16.7 Å². The summed E-state index contributed by atoms with van der Waals surface area (Å²) in [5.41, 5.74) is 1.31. The molecule has 0 unspecified atom stereocenters. The Kier molecular flexibility index (Phi) is 6.80. The number of hydrogen-bond donors (Lipinski definition) is 2. The Hall–Kier alpha value is -1.95. The second-order valence-electron chi connectivity index (χ2n) is 8.70. The number of hydrogen-bond acceptors (Lipinski definition) is 4. The van der Waals surface area contributed by atoms with Crippen molar-refractivity contribution in [1.29, 1.82) is 0 Å². The number of benzene rings is 2. The number of rotatable bonds is 7. The van der Waals surface area contributed by atoms with Crippen molar-refractivity contribution in [2.24, 2.45) is 11.8 Å². The van der Waals surface area contributed by atoms with Gasteiger partial charge in [0, 0.05) is 32.7 Å². The molecule has 2 aliphatic rings. The number of carbonyl (C=O) groups excluding carboxylic acids is 1. The maximum Gasteiger partial charge on any atom is 0.224 e. The molecule has 156 valence electrons. The van der Waals surface area contributed by atoms with E-state index in [1.54, 1.807) is 0 Å². The van der Waals surface area contributed by atoms with Crippen molar-refractivity contribution in [3.8, 4) is 0 Å². The monoisotopic (exact) mass is 395 g/mol. The van der Waals surface area contributed by atoms with Crippen LogP contribution in [0.15, 0.2) is 42.5 Å². The summed E-state index contributed by atoms with van der Waals surface area (Å²) in [5.74, 6) is 0.615. The van der Waals surface area contributed by atoms with E-state index in [4.69, 9.17) is 5.11 Å². The second kappa shape index (κ2) is 9.70. The van der Waals surface area contributed by atoms with Crippen LogP contribution in [-0.4, -0.2) is 66.7 Å². The molecule has 0 aliphatic carbocycles. The summed E-state index contributed by atoms with van der Waals surface area (Å²) in [5, 5.41) is 14.5. The van der Waals surface area contributed by atoms with Crippen LogP contribution in [0, 0.1) is 11.8 Å². The Bertz CT molecular complexity index is 819. The average Bonchev–Trinajstić information content (AvgIpc) is 3.24. The number of nitrogens with one attached hydrogen (secondary N) is 1. The van der Waals surface area contributed by atoms with Crippen LogP contribution in [0.4, 0.5) is 0 Å². The molecule has 2 atom stereocenters. The minimum atomic E-state index is -0.00350. The predicted molar refractivity (Wildman–Crippen MR) is 117 cm³/mol. The molecular weight excluding hydrogens is 362 g/mol. The van der Waals surface area contributed by atoms with E-state index in [1.807, 2.05) is 0 Å². The maximum absolute atomic E-state index is 12.7. The summed E-state index contributed by atoms with van der Waals surface area (Å²) < 4.78 is 0. The molecule has 1 amide bonds. The first-order valence-corrected chi connectivity index (χ1v) is 11.0. The average molecular weight is 396 g/mol. The second-order valence-corrected chi connectivity index (χ2v) is 8.70. The Labute approximate surface area is 173 Å². The van der Waals surface area contributed by atoms with Crippen molar-refractivity contribution in [3.05, 3.63) is 48.0 Å². The number of nitrogens with zero attached hydrogens (tertiary/aromatic N) is 2. The lowest BCUT2D eigenvalue weighted by molar-refractivity contribution is -0.127. The number of likely N-dealkylation sites (tertiary alicyclic amines) is 2. The van der Waals surface area contributed by atoms with Gasteiger partial charge < -0.3 is 15.3 Å². The zero-order valence-electron chi connectivity index (χ0n) is 17.2. The molecule has 2 heterocycles. The van der Waals surface area contributed by atoms with Crippen LogP contribution in [0.2, 0.25) is 0 Å². The lowest BCUT2D eigenvalue weighted by Gasteiger charge is -2.38. The van der Waals surface area contributed by atoms with E-state index >= 15 is 0 Å². The third kappa shape index (κ3) is 5.35. The lowest BCUT2D eigenvalue weighted by Crippen LogP contribution is -2.48. The molecule has 0 radical (unpaired) electrons. The highest BCUT2D eigenvalue weighted by Gasteiger charge is 2.32. The molecule has 0 saturated carbocycles. The summed E-state index contributed by atoms with van der Waals surface area (Å²) in [4.78, 5) is 17.7. The van der Waals surface area contributed by atoms with Crippen molar-refractivity contribution in [2.75, 3.05) is 45.9 Å². The number of fused-ring (bicyclic) bond motifs is 1. The largest absolute Gasteiger partial charge is 0.395 e. The first kappa shape index (κ1) is 20.3. The Morgan fingerprint density at radius 1 is 1.03 bits per heavy atom. The minimum Gasteiger partial charge on any atom is -0.395 e. The molecule has 2 N–H and O–H groups in total. The van der Waals surface area contributed by atoms with E-state index in [1.165, 1.54) is 42.3 Å². The third-order valence-corrected chi connectivity index (χ3v) is 6.33. The summed E-state index contributed by atoms with van der Waals surface area (Å²) in [6.45, 7) is 6.55. The predicted octanol–water partition coefficient (Wildman–Crippen LogP) is 2.48. The number of aliphatic hydroxyl groups is 1. The van der Waals surface area contributed by atoms with Crippen LogP contribution >= 0.6 is 0 Å². The Morgan fingerprint density at radius 2 is 1.83 bits per heavy atom. The van der Waals surface area contributed by atoms with E-state index in [0.717, 1.165) is 32.6 Å². The molecule has 0 aromatic heterocycles. The Balaban J connectivity index is 1.45. The quantitative estimate of drug-likeness (QED) is 0.756. The van der Waals surface area contributed by atoms with Gasteiger partial charge in [0.1, 0.15) is 0 Å². The van der Waals surface area contributed by atoms with Crippen LogP contribution in [0.3, 0.4) is 0 Å². The fourth-order valence-corrected chi connectivity index (χ4v) is 5.00. The topological polar surface area (TPSA) is 55.8 Å². The van der Waals surface area contributed by atoms with Crippen LogP contribution < -0.4 is 5.32 Å². The van der Waals surface area contributed by atoms with Gasteiger partial charge in [0.2, 0.25) is 5.91 Å². The molecule has 2 saturated heterocycles. The minimum absolute atomic E-state index is 0.00311. The highest BCUT2D eigenvalue weighted by atomic mass is 16.3. The fourth-order valence-electron chi connectivity index (χ4n) is 5.00. The standard InChI is InChI=1S/C24H33N3O2/c28-12-9-25-24(29)23-14-20(16-26-10-3-4-11-26)17-27(18-23)15-19-7-8-21-5-1-2-6-22(21)13-19/h1-2,5-8,13,20,23,28H,3-4,9-12,14-18H2,(H,25,29)/t20-,23-/m1/s1. The Morgan fingerprint density at radius 3 is 2.62 bits per heavy atom. The normalized spacial score (nSPS) is 23.5. The number of carbonyl (C=O) groups is 1. The molecule has 0 bridgehead atoms. The van der Waals surface area contributed by atoms with E-state index in [2.05, 4.69) is 57.6 Å². The van der Waals surface area contributed by atoms with Gasteiger partial charge in [-0.15, -0.1) is 0 Å². The van der Waals surface area contributed by atoms with E-state index < -0.39 is 0 Å². The number of aliphatic hydroxyl groups excluding tert-OH is 1. The van der Waals surface area contributed by atoms with Crippen LogP contribution in [0.1, 0.15) is 24.8 Å². The molecule has 2 aromatic rings. The van der Waals surface area contributed by atoms with Gasteiger partial charge in [-0.05, 0) is 60.7 Å². The molecule has 4 rings (SSSR count). The molecule has 2 aromatic carbocycles. The highest BCUT2D eigenvalue weighted by Crippen LogP contribution is 2.26. The van der Waals surface area contributed by atoms with Crippen molar-refractivity contribution in [1.82, 2.24) is 15.1 Å². The SMILES string of the molecule is O=C(NCCO)[C@@H]1C[C@H](CN2CCCC2)CN(Cc2ccc3ccccc3c2)C1.